The fraction of sp³-hybridized carbons (Fsp3) is 0.333. The van der Waals surface area contributed by atoms with Crippen molar-refractivity contribution in [3.05, 3.63) is 35.9 Å². The van der Waals surface area contributed by atoms with Crippen molar-refractivity contribution >= 4 is 12.4 Å². The van der Waals surface area contributed by atoms with Gasteiger partial charge in [0.25, 0.3) is 6.47 Å². The molecule has 0 spiro atoms. The molecular weight excluding hydrogens is 224 g/mol. The molecule has 0 heterocycles. The molecule has 0 unspecified atom stereocenters. The van der Waals surface area contributed by atoms with Crippen LogP contribution in [-0.2, 0) is 14.3 Å². The lowest BCUT2D eigenvalue weighted by Gasteiger charge is -1.89. The van der Waals surface area contributed by atoms with Crippen LogP contribution in [0.5, 0.6) is 0 Å². The Kier molecular flexibility index (Phi) is 20.0. The maximum absolute atomic E-state index is 9.82. The molecule has 0 aliphatic heterocycles. The second-order valence-corrected chi connectivity index (χ2v) is 2.68. The van der Waals surface area contributed by atoms with Gasteiger partial charge < -0.3 is 15.3 Å². The Morgan fingerprint density at radius 2 is 1.76 bits per heavy atom. The van der Waals surface area contributed by atoms with Crippen molar-refractivity contribution in [2.45, 2.75) is 20.8 Å². The van der Waals surface area contributed by atoms with E-state index < -0.39 is 0 Å². The summed E-state index contributed by atoms with van der Waals surface area (Å²) in [7, 11) is 0. The Morgan fingerprint density at radius 3 is 1.88 bits per heavy atom. The number of carbonyl (C=O) groups is 2. The molecule has 98 valence electrons. The molecule has 0 fully saturated rings. The van der Waals surface area contributed by atoms with E-state index in [0.717, 1.165) is 0 Å². The van der Waals surface area contributed by atoms with Crippen molar-refractivity contribution in [1.82, 2.24) is 0 Å². The summed E-state index contributed by atoms with van der Waals surface area (Å²) in [5.74, 6) is -0.211. The highest BCUT2D eigenvalue weighted by atomic mass is 16.5. The smallest absolute Gasteiger partial charge is 0.302 e. The molecule has 1 aromatic rings. The maximum atomic E-state index is 9.82. The molecule has 0 saturated heterocycles. The van der Waals surface area contributed by atoms with Crippen LogP contribution in [0.3, 0.4) is 0 Å². The molecule has 1 rings (SSSR count). The number of hydrogen-bond acceptors (Lipinski definition) is 3. The van der Waals surface area contributed by atoms with E-state index in [2.05, 4.69) is 23.8 Å². The minimum Gasteiger partial charge on any atom is -0.483 e. The summed E-state index contributed by atoms with van der Waals surface area (Å²) in [5.41, 5.74) is 1.32. The lowest BCUT2D eigenvalue weighted by atomic mass is 10.2. The van der Waals surface area contributed by atoms with Gasteiger partial charge in [-0.2, -0.15) is 0 Å². The zero-order chi connectivity index (χ0) is 12.8. The third-order valence-electron chi connectivity index (χ3n) is 1.29. The van der Waals surface area contributed by atoms with Gasteiger partial charge in [0.05, 0.1) is 6.61 Å². The van der Waals surface area contributed by atoms with Gasteiger partial charge in [-0.15, -0.1) is 0 Å². The zero-order valence-corrected chi connectivity index (χ0v) is 10.3. The minimum atomic E-state index is -0.250. The monoisotopic (exact) mass is 244 g/mol. The molecule has 0 atom stereocenters. The van der Waals surface area contributed by atoms with Gasteiger partial charge >= 0.3 is 5.97 Å². The van der Waals surface area contributed by atoms with Gasteiger partial charge in [-0.25, -0.2) is 0 Å². The van der Waals surface area contributed by atoms with Crippen molar-refractivity contribution < 1.29 is 24.9 Å². The quantitative estimate of drug-likeness (QED) is 0.597. The van der Waals surface area contributed by atoms with E-state index in [1.165, 1.54) is 12.5 Å². The molecule has 0 aliphatic rings. The van der Waals surface area contributed by atoms with Gasteiger partial charge in [0, 0.05) is 6.92 Å². The molecular formula is C12H20O5. The number of aryl methyl sites for hydroxylation is 1. The van der Waals surface area contributed by atoms with Crippen LogP contribution in [-0.4, -0.2) is 29.6 Å². The number of rotatable bonds is 1. The Labute approximate surface area is 101 Å². The van der Waals surface area contributed by atoms with Gasteiger partial charge in [0.15, 0.2) is 0 Å². The van der Waals surface area contributed by atoms with E-state index in [4.69, 9.17) is 9.90 Å². The first-order valence-corrected chi connectivity index (χ1v) is 4.81. The summed E-state index contributed by atoms with van der Waals surface area (Å²) in [6, 6.07) is 10.3. The first-order chi connectivity index (χ1) is 7.58. The Morgan fingerprint density at radius 1 is 1.35 bits per heavy atom. The lowest BCUT2D eigenvalue weighted by Crippen LogP contribution is -1.95. The van der Waals surface area contributed by atoms with E-state index in [9.17, 15) is 4.79 Å². The van der Waals surface area contributed by atoms with Crippen molar-refractivity contribution in [1.29, 1.82) is 0 Å². The Hall–Kier alpha value is -1.88. The Bertz CT molecular complexity index is 271. The number of hydrogen-bond donors (Lipinski definition) is 1. The number of ether oxygens (including phenoxy) is 1. The molecule has 3 N–H and O–H groups in total. The van der Waals surface area contributed by atoms with Crippen LogP contribution in [0.15, 0.2) is 30.3 Å². The normalized spacial score (nSPS) is 7.00. The number of esters is 1. The lowest BCUT2D eigenvalue weighted by molar-refractivity contribution is -0.140. The third-order valence-corrected chi connectivity index (χ3v) is 1.29. The molecule has 0 saturated carbocycles. The van der Waals surface area contributed by atoms with E-state index in [1.807, 2.05) is 18.2 Å². The summed E-state index contributed by atoms with van der Waals surface area (Å²) >= 11 is 0. The van der Waals surface area contributed by atoms with Gasteiger partial charge in [0.2, 0.25) is 0 Å². The summed E-state index contributed by atoms with van der Waals surface area (Å²) in [6.07, 6.45) is 0. The van der Waals surface area contributed by atoms with Crippen LogP contribution in [0.4, 0.5) is 0 Å². The van der Waals surface area contributed by atoms with Crippen LogP contribution < -0.4 is 0 Å². The molecule has 0 aliphatic carbocycles. The number of carboxylic acid groups (broad SMARTS) is 1. The van der Waals surface area contributed by atoms with Gasteiger partial charge in [-0.3, -0.25) is 9.59 Å². The van der Waals surface area contributed by atoms with E-state index in [1.54, 1.807) is 6.92 Å². The van der Waals surface area contributed by atoms with Crippen molar-refractivity contribution in [3.63, 3.8) is 0 Å². The highest BCUT2D eigenvalue weighted by Crippen LogP contribution is 1.92. The maximum Gasteiger partial charge on any atom is 0.302 e. The molecule has 0 radical (unpaired) electrons. The van der Waals surface area contributed by atoms with E-state index in [-0.39, 0.29) is 17.9 Å². The molecule has 5 heteroatoms. The summed E-state index contributed by atoms with van der Waals surface area (Å²) in [5, 5.41) is 6.89. The summed E-state index contributed by atoms with van der Waals surface area (Å²) in [6.45, 7) is 5.49. The van der Waals surface area contributed by atoms with E-state index >= 15 is 0 Å². The van der Waals surface area contributed by atoms with Crippen LogP contribution in [0.2, 0.25) is 0 Å². The molecule has 5 nitrogen and oxygen atoms in total. The SMILES string of the molecule is CCOC(C)=O.Cc1ccccc1.O.O=CO. The predicted molar refractivity (Wildman–Crippen MR) is 65.8 cm³/mol. The predicted octanol–water partition coefficient (Wildman–Crippen LogP) is 1.44. The standard InChI is InChI=1S/C7H8.C4H8O2.CH2O2.H2O/c1-7-5-3-2-4-6-7;1-3-6-4(2)5;2-1-3;/h2-6H,1H3;3H2,1-2H3;1H,(H,2,3);1H2. The molecule has 1 aromatic carbocycles. The first-order valence-electron chi connectivity index (χ1n) is 4.81. The average molecular weight is 244 g/mol. The number of carbonyl (C=O) groups excluding carboxylic acids is 1. The van der Waals surface area contributed by atoms with Crippen molar-refractivity contribution in [3.8, 4) is 0 Å². The van der Waals surface area contributed by atoms with Gasteiger partial charge in [0.1, 0.15) is 0 Å². The minimum absolute atomic E-state index is 0. The highest BCUT2D eigenvalue weighted by molar-refractivity contribution is 5.65. The fourth-order valence-corrected chi connectivity index (χ4v) is 0.738. The molecule has 0 amide bonds. The summed E-state index contributed by atoms with van der Waals surface area (Å²) < 4.78 is 4.40. The zero-order valence-electron chi connectivity index (χ0n) is 10.3. The fourth-order valence-electron chi connectivity index (χ4n) is 0.738. The Balaban J connectivity index is -0.000000182. The largest absolute Gasteiger partial charge is 0.483 e. The first kappa shape index (κ1) is 20.5. The van der Waals surface area contributed by atoms with Crippen LogP contribution in [0.25, 0.3) is 0 Å². The van der Waals surface area contributed by atoms with Crippen LogP contribution >= 0.6 is 0 Å². The van der Waals surface area contributed by atoms with Crippen LogP contribution in [0.1, 0.15) is 19.4 Å². The molecule has 0 bridgehead atoms. The van der Waals surface area contributed by atoms with E-state index in [0.29, 0.717) is 6.61 Å². The second-order valence-electron chi connectivity index (χ2n) is 2.68. The van der Waals surface area contributed by atoms with Gasteiger partial charge in [-0.05, 0) is 13.8 Å². The number of benzene rings is 1. The topological polar surface area (TPSA) is 95.1 Å². The average Bonchev–Trinajstić information content (AvgIpc) is 2.20. The highest BCUT2D eigenvalue weighted by Gasteiger charge is 1.81. The van der Waals surface area contributed by atoms with Crippen LogP contribution in [0, 0.1) is 6.92 Å². The summed E-state index contributed by atoms with van der Waals surface area (Å²) in [4.78, 5) is 18.2. The molecule has 17 heavy (non-hydrogen) atoms. The second kappa shape index (κ2) is 16.5. The van der Waals surface area contributed by atoms with Crippen molar-refractivity contribution in [2.75, 3.05) is 6.61 Å². The third kappa shape index (κ3) is 24.9. The van der Waals surface area contributed by atoms with Gasteiger partial charge in [-0.1, -0.05) is 35.9 Å². The molecule has 0 aromatic heterocycles. The van der Waals surface area contributed by atoms with Crippen molar-refractivity contribution in [2.24, 2.45) is 0 Å².